The van der Waals surface area contributed by atoms with Crippen LogP contribution in [0.2, 0.25) is 0 Å². The number of furan rings is 1. The van der Waals surface area contributed by atoms with E-state index in [4.69, 9.17) is 4.42 Å². The van der Waals surface area contributed by atoms with Crippen LogP contribution in [0.1, 0.15) is 17.4 Å². The standard InChI is InChI=1S/C9H8BrNO2/c10-8-4-6(5-13-8)9(12)7-2-1-3-11-7/h1-5,9,11-12H. The summed E-state index contributed by atoms with van der Waals surface area (Å²) in [5.74, 6) is 0. The zero-order chi connectivity index (χ0) is 9.26. The number of rotatable bonds is 2. The van der Waals surface area contributed by atoms with E-state index < -0.39 is 6.10 Å². The molecule has 0 fully saturated rings. The Labute approximate surface area is 83.5 Å². The van der Waals surface area contributed by atoms with Crippen molar-refractivity contribution < 1.29 is 9.52 Å². The number of hydrogen-bond donors (Lipinski definition) is 2. The van der Waals surface area contributed by atoms with E-state index in [9.17, 15) is 5.11 Å². The molecule has 2 heterocycles. The highest BCUT2D eigenvalue weighted by Crippen LogP contribution is 2.24. The maximum absolute atomic E-state index is 9.78. The lowest BCUT2D eigenvalue weighted by Crippen LogP contribution is -1.97. The van der Waals surface area contributed by atoms with E-state index in [0.717, 1.165) is 11.3 Å². The smallest absolute Gasteiger partial charge is 0.169 e. The van der Waals surface area contributed by atoms with E-state index in [1.165, 1.54) is 6.26 Å². The summed E-state index contributed by atoms with van der Waals surface area (Å²) in [5, 5.41) is 9.78. The van der Waals surface area contributed by atoms with Crippen molar-refractivity contribution >= 4 is 15.9 Å². The summed E-state index contributed by atoms with van der Waals surface area (Å²) in [4.78, 5) is 2.94. The van der Waals surface area contributed by atoms with E-state index in [2.05, 4.69) is 20.9 Å². The maximum Gasteiger partial charge on any atom is 0.169 e. The molecule has 2 N–H and O–H groups in total. The highest BCUT2D eigenvalue weighted by atomic mass is 79.9. The molecule has 0 amide bonds. The second-order valence-corrected chi connectivity index (χ2v) is 3.49. The summed E-state index contributed by atoms with van der Waals surface area (Å²) < 4.78 is 5.65. The minimum Gasteiger partial charge on any atom is -0.457 e. The number of nitrogens with one attached hydrogen (secondary N) is 1. The van der Waals surface area contributed by atoms with Gasteiger partial charge in [-0.1, -0.05) is 0 Å². The van der Waals surface area contributed by atoms with Crippen LogP contribution in [-0.2, 0) is 0 Å². The van der Waals surface area contributed by atoms with Crippen molar-refractivity contribution in [2.24, 2.45) is 0 Å². The Kier molecular flexibility index (Phi) is 2.24. The first-order valence-corrected chi connectivity index (χ1v) is 4.62. The molecule has 2 rings (SSSR count). The van der Waals surface area contributed by atoms with Crippen LogP contribution in [0.3, 0.4) is 0 Å². The molecule has 2 aromatic heterocycles. The number of aliphatic hydroxyl groups is 1. The van der Waals surface area contributed by atoms with Gasteiger partial charge in [0, 0.05) is 17.5 Å². The van der Waals surface area contributed by atoms with Gasteiger partial charge in [0.25, 0.3) is 0 Å². The molecule has 0 aliphatic heterocycles. The fourth-order valence-corrected chi connectivity index (χ4v) is 1.52. The van der Waals surface area contributed by atoms with Crippen LogP contribution in [0.4, 0.5) is 0 Å². The highest BCUT2D eigenvalue weighted by Gasteiger charge is 2.13. The average molecular weight is 242 g/mol. The molecule has 0 radical (unpaired) electrons. The van der Waals surface area contributed by atoms with Crippen molar-refractivity contribution in [3.63, 3.8) is 0 Å². The number of H-pyrrole nitrogens is 1. The first-order valence-electron chi connectivity index (χ1n) is 3.82. The lowest BCUT2D eigenvalue weighted by atomic mass is 10.1. The van der Waals surface area contributed by atoms with E-state index in [0.29, 0.717) is 4.67 Å². The fourth-order valence-electron chi connectivity index (χ4n) is 1.16. The topological polar surface area (TPSA) is 49.2 Å². The number of aliphatic hydroxyl groups excluding tert-OH is 1. The van der Waals surface area contributed by atoms with Gasteiger partial charge in [0.2, 0.25) is 0 Å². The predicted octanol–water partition coefficient (Wildman–Crippen LogP) is 2.45. The zero-order valence-electron chi connectivity index (χ0n) is 6.70. The molecular formula is C9H8BrNO2. The SMILES string of the molecule is OC(c1coc(Br)c1)c1ccc[nH]1. The van der Waals surface area contributed by atoms with Gasteiger partial charge < -0.3 is 14.5 Å². The zero-order valence-corrected chi connectivity index (χ0v) is 8.28. The molecule has 3 nitrogen and oxygen atoms in total. The van der Waals surface area contributed by atoms with Crippen molar-refractivity contribution in [2.45, 2.75) is 6.10 Å². The molecule has 0 bridgehead atoms. The third-order valence-corrected chi connectivity index (χ3v) is 2.24. The molecule has 0 aliphatic rings. The van der Waals surface area contributed by atoms with E-state index >= 15 is 0 Å². The van der Waals surface area contributed by atoms with Gasteiger partial charge in [-0.05, 0) is 34.1 Å². The minimum atomic E-state index is -0.648. The van der Waals surface area contributed by atoms with Crippen molar-refractivity contribution in [1.82, 2.24) is 4.98 Å². The second-order valence-electron chi connectivity index (χ2n) is 2.71. The van der Waals surface area contributed by atoms with Crippen molar-refractivity contribution in [3.8, 4) is 0 Å². The fraction of sp³-hybridized carbons (Fsp3) is 0.111. The lowest BCUT2D eigenvalue weighted by molar-refractivity contribution is 0.215. The first-order chi connectivity index (χ1) is 6.27. The summed E-state index contributed by atoms with van der Waals surface area (Å²) in [6.07, 6.45) is 2.65. The van der Waals surface area contributed by atoms with Gasteiger partial charge >= 0.3 is 0 Å². The largest absolute Gasteiger partial charge is 0.457 e. The predicted molar refractivity (Wildman–Crippen MR) is 51.3 cm³/mol. The minimum absolute atomic E-state index is 0.619. The van der Waals surface area contributed by atoms with Gasteiger partial charge in [0.05, 0.1) is 6.26 Å². The molecule has 1 unspecified atom stereocenters. The summed E-state index contributed by atoms with van der Waals surface area (Å²) >= 11 is 3.18. The summed E-state index contributed by atoms with van der Waals surface area (Å²) in [5.41, 5.74) is 1.49. The van der Waals surface area contributed by atoms with Gasteiger partial charge in [0.15, 0.2) is 4.67 Å². The Morgan fingerprint density at radius 3 is 2.92 bits per heavy atom. The second kappa shape index (κ2) is 3.40. The van der Waals surface area contributed by atoms with Crippen LogP contribution in [0.5, 0.6) is 0 Å². The molecule has 13 heavy (non-hydrogen) atoms. The van der Waals surface area contributed by atoms with Crippen LogP contribution < -0.4 is 0 Å². The van der Waals surface area contributed by atoms with E-state index in [1.54, 1.807) is 12.3 Å². The van der Waals surface area contributed by atoms with Crippen LogP contribution >= 0.6 is 15.9 Å². The van der Waals surface area contributed by atoms with Gasteiger partial charge in [-0.3, -0.25) is 0 Å². The lowest BCUT2D eigenvalue weighted by Gasteiger charge is -2.04. The van der Waals surface area contributed by atoms with Crippen LogP contribution in [0.25, 0.3) is 0 Å². The number of aromatic amines is 1. The molecule has 0 saturated heterocycles. The Balaban J connectivity index is 2.28. The molecule has 0 aliphatic carbocycles. The van der Waals surface area contributed by atoms with Crippen LogP contribution in [0, 0.1) is 0 Å². The van der Waals surface area contributed by atoms with Gasteiger partial charge in [-0.25, -0.2) is 0 Å². The molecule has 0 saturated carbocycles. The summed E-state index contributed by atoms with van der Waals surface area (Å²) in [7, 11) is 0. The van der Waals surface area contributed by atoms with Gasteiger partial charge in [0.1, 0.15) is 6.10 Å². The average Bonchev–Trinajstić information content (AvgIpc) is 2.72. The maximum atomic E-state index is 9.78. The van der Waals surface area contributed by atoms with Gasteiger partial charge in [-0.15, -0.1) is 0 Å². The Morgan fingerprint density at radius 1 is 1.54 bits per heavy atom. The Bertz CT molecular complexity index is 380. The van der Waals surface area contributed by atoms with Crippen molar-refractivity contribution in [1.29, 1.82) is 0 Å². The Hall–Kier alpha value is -1.00. The number of hydrogen-bond acceptors (Lipinski definition) is 2. The Morgan fingerprint density at radius 2 is 2.38 bits per heavy atom. The van der Waals surface area contributed by atoms with E-state index in [1.807, 2.05) is 12.1 Å². The molecule has 0 aromatic carbocycles. The molecule has 2 aromatic rings. The third kappa shape index (κ3) is 1.68. The van der Waals surface area contributed by atoms with Crippen molar-refractivity contribution in [3.05, 3.63) is 46.6 Å². The van der Waals surface area contributed by atoms with Gasteiger partial charge in [-0.2, -0.15) is 0 Å². The van der Waals surface area contributed by atoms with Crippen molar-refractivity contribution in [2.75, 3.05) is 0 Å². The summed E-state index contributed by atoms with van der Waals surface area (Å²) in [6.45, 7) is 0. The van der Waals surface area contributed by atoms with E-state index in [-0.39, 0.29) is 0 Å². The third-order valence-electron chi connectivity index (χ3n) is 1.82. The molecule has 4 heteroatoms. The molecule has 0 spiro atoms. The molecular weight excluding hydrogens is 234 g/mol. The van der Waals surface area contributed by atoms with Crippen LogP contribution in [0.15, 0.2) is 39.7 Å². The number of aromatic nitrogens is 1. The first kappa shape index (κ1) is 8.59. The monoisotopic (exact) mass is 241 g/mol. The molecule has 1 atom stereocenters. The highest BCUT2D eigenvalue weighted by molar-refractivity contribution is 9.10. The number of halogens is 1. The molecule has 68 valence electrons. The summed E-state index contributed by atoms with van der Waals surface area (Å²) in [6, 6.07) is 5.41. The quantitative estimate of drug-likeness (QED) is 0.849. The normalized spacial score (nSPS) is 13.1. The van der Waals surface area contributed by atoms with Crippen LogP contribution in [-0.4, -0.2) is 10.1 Å².